The van der Waals surface area contributed by atoms with E-state index < -0.39 is 0 Å². The van der Waals surface area contributed by atoms with Crippen molar-refractivity contribution in [2.75, 3.05) is 5.32 Å². The third-order valence-electron chi connectivity index (χ3n) is 6.16. The van der Waals surface area contributed by atoms with Crippen molar-refractivity contribution in [3.8, 4) is 0 Å². The molecule has 1 heterocycles. The molecular formula is C26H31N3O. The lowest BCUT2D eigenvalue weighted by Crippen LogP contribution is -2.43. The first-order chi connectivity index (χ1) is 14.7. The van der Waals surface area contributed by atoms with Gasteiger partial charge in [-0.2, -0.15) is 0 Å². The highest BCUT2D eigenvalue weighted by Gasteiger charge is 2.26. The average molecular weight is 402 g/mol. The molecule has 0 saturated heterocycles. The standard InChI is InChI=1S/C26H31N3O/c1-21-11-8-9-12-22(21)19-28-18-10-17-25(28)20-29(24-15-6-3-7-16-24)26(30)27-23-13-4-2-5-14-23/h2,4-5,8-14,17-18,24H,3,6-7,15-16,19-20H2,1H3,(H,27,30). The van der Waals surface area contributed by atoms with Gasteiger partial charge >= 0.3 is 6.03 Å². The molecule has 1 N–H and O–H groups in total. The van der Waals surface area contributed by atoms with Crippen LogP contribution in [0, 0.1) is 6.92 Å². The Morgan fingerprint density at radius 2 is 1.70 bits per heavy atom. The van der Waals surface area contributed by atoms with Gasteiger partial charge in [0.2, 0.25) is 0 Å². The number of carbonyl (C=O) groups is 1. The number of anilines is 1. The number of amides is 2. The summed E-state index contributed by atoms with van der Waals surface area (Å²) < 4.78 is 2.27. The van der Waals surface area contributed by atoms with Crippen LogP contribution in [0.15, 0.2) is 72.9 Å². The molecule has 0 spiro atoms. The van der Waals surface area contributed by atoms with Crippen molar-refractivity contribution in [2.45, 2.75) is 58.2 Å². The molecule has 1 aliphatic rings. The number of urea groups is 1. The minimum atomic E-state index is -0.00302. The fourth-order valence-electron chi connectivity index (χ4n) is 4.37. The largest absolute Gasteiger partial charge is 0.345 e. The van der Waals surface area contributed by atoms with Gasteiger partial charge in [-0.3, -0.25) is 0 Å². The topological polar surface area (TPSA) is 37.3 Å². The third-order valence-corrected chi connectivity index (χ3v) is 6.16. The van der Waals surface area contributed by atoms with Crippen LogP contribution < -0.4 is 5.32 Å². The van der Waals surface area contributed by atoms with Gasteiger partial charge in [-0.15, -0.1) is 0 Å². The van der Waals surface area contributed by atoms with Gasteiger partial charge in [0.1, 0.15) is 0 Å². The predicted octanol–water partition coefficient (Wildman–Crippen LogP) is 6.21. The summed E-state index contributed by atoms with van der Waals surface area (Å²) in [6.45, 7) is 3.61. The first kappa shape index (κ1) is 20.3. The maximum atomic E-state index is 13.3. The highest BCUT2D eigenvalue weighted by Crippen LogP contribution is 2.25. The first-order valence-electron chi connectivity index (χ1n) is 11.0. The summed E-state index contributed by atoms with van der Waals surface area (Å²) in [6, 6.07) is 22.8. The molecule has 1 aromatic heterocycles. The number of nitrogens with zero attached hydrogens (tertiary/aromatic N) is 2. The van der Waals surface area contributed by atoms with E-state index in [1.165, 1.54) is 36.1 Å². The van der Waals surface area contributed by atoms with E-state index in [4.69, 9.17) is 0 Å². The lowest BCUT2D eigenvalue weighted by Gasteiger charge is -2.34. The van der Waals surface area contributed by atoms with Gasteiger partial charge in [0.05, 0.1) is 6.54 Å². The Labute approximate surface area is 179 Å². The molecule has 0 aliphatic heterocycles. The van der Waals surface area contributed by atoms with E-state index in [0.29, 0.717) is 12.6 Å². The highest BCUT2D eigenvalue weighted by atomic mass is 16.2. The number of para-hydroxylation sites is 1. The second-order valence-electron chi connectivity index (χ2n) is 8.27. The zero-order valence-electron chi connectivity index (χ0n) is 17.8. The molecule has 156 valence electrons. The number of rotatable bonds is 6. The zero-order valence-corrected chi connectivity index (χ0v) is 17.8. The smallest absolute Gasteiger partial charge is 0.322 e. The SMILES string of the molecule is Cc1ccccc1Cn1cccc1CN(C(=O)Nc1ccccc1)C1CCCCC1. The molecule has 1 saturated carbocycles. The van der Waals surface area contributed by atoms with Crippen molar-refractivity contribution < 1.29 is 4.79 Å². The lowest BCUT2D eigenvalue weighted by atomic mass is 9.94. The van der Waals surface area contributed by atoms with E-state index in [-0.39, 0.29) is 6.03 Å². The molecule has 4 heteroatoms. The molecule has 2 amide bonds. The van der Waals surface area contributed by atoms with Crippen LogP contribution in [0.2, 0.25) is 0 Å². The number of nitrogens with one attached hydrogen (secondary N) is 1. The molecule has 4 rings (SSSR count). The van der Waals surface area contributed by atoms with Crippen LogP contribution in [0.25, 0.3) is 0 Å². The Bertz CT molecular complexity index is 957. The third kappa shape index (κ3) is 4.93. The molecule has 30 heavy (non-hydrogen) atoms. The quantitative estimate of drug-likeness (QED) is 0.524. The molecular weight excluding hydrogens is 370 g/mol. The fourth-order valence-corrected chi connectivity index (χ4v) is 4.37. The molecule has 0 bridgehead atoms. The van der Waals surface area contributed by atoms with Crippen molar-refractivity contribution in [2.24, 2.45) is 0 Å². The van der Waals surface area contributed by atoms with Crippen LogP contribution in [0.1, 0.15) is 48.9 Å². The van der Waals surface area contributed by atoms with Crippen LogP contribution in [0.4, 0.5) is 10.5 Å². The van der Waals surface area contributed by atoms with E-state index in [1.54, 1.807) is 0 Å². The highest BCUT2D eigenvalue weighted by molar-refractivity contribution is 5.89. The fraction of sp³-hybridized carbons (Fsp3) is 0.346. The number of hydrogen-bond acceptors (Lipinski definition) is 1. The van der Waals surface area contributed by atoms with E-state index in [2.05, 4.69) is 64.3 Å². The van der Waals surface area contributed by atoms with Crippen LogP contribution >= 0.6 is 0 Å². The Balaban J connectivity index is 1.54. The maximum Gasteiger partial charge on any atom is 0.322 e. The monoisotopic (exact) mass is 401 g/mol. The van der Waals surface area contributed by atoms with Crippen molar-refractivity contribution in [1.82, 2.24) is 9.47 Å². The Morgan fingerprint density at radius 3 is 2.47 bits per heavy atom. The molecule has 0 atom stereocenters. The van der Waals surface area contributed by atoms with Crippen molar-refractivity contribution in [1.29, 1.82) is 0 Å². The molecule has 0 radical (unpaired) electrons. The van der Waals surface area contributed by atoms with E-state index in [1.807, 2.05) is 30.3 Å². The Morgan fingerprint density at radius 1 is 0.967 bits per heavy atom. The number of hydrogen-bond donors (Lipinski definition) is 1. The summed E-state index contributed by atoms with van der Waals surface area (Å²) in [7, 11) is 0. The van der Waals surface area contributed by atoms with Crippen LogP contribution in [-0.2, 0) is 13.1 Å². The van der Waals surface area contributed by atoms with Gasteiger partial charge in [-0.1, -0.05) is 61.7 Å². The van der Waals surface area contributed by atoms with Crippen molar-refractivity contribution in [3.63, 3.8) is 0 Å². The summed E-state index contributed by atoms with van der Waals surface area (Å²) in [6.07, 6.45) is 7.96. The molecule has 3 aromatic rings. The Hall–Kier alpha value is -3.01. The van der Waals surface area contributed by atoms with Gasteiger partial charge < -0.3 is 14.8 Å². The first-order valence-corrected chi connectivity index (χ1v) is 11.0. The molecule has 1 aliphatic carbocycles. The second kappa shape index (κ2) is 9.66. The summed E-state index contributed by atoms with van der Waals surface area (Å²) in [5.74, 6) is 0. The number of carbonyl (C=O) groups excluding carboxylic acids is 1. The van der Waals surface area contributed by atoms with Gasteiger partial charge in [-0.25, -0.2) is 4.79 Å². The van der Waals surface area contributed by atoms with E-state index in [9.17, 15) is 4.79 Å². The molecule has 2 aromatic carbocycles. The van der Waals surface area contributed by atoms with Gasteiger partial charge in [0.15, 0.2) is 0 Å². The molecule has 0 unspecified atom stereocenters. The summed E-state index contributed by atoms with van der Waals surface area (Å²) in [4.78, 5) is 15.3. The predicted molar refractivity (Wildman–Crippen MR) is 123 cm³/mol. The summed E-state index contributed by atoms with van der Waals surface area (Å²) in [5.41, 5.74) is 4.63. The van der Waals surface area contributed by atoms with Gasteiger partial charge in [-0.05, 0) is 55.2 Å². The average Bonchev–Trinajstić information content (AvgIpc) is 3.21. The number of aromatic nitrogens is 1. The number of aryl methyl sites for hydroxylation is 1. The van der Waals surface area contributed by atoms with Gasteiger partial charge in [0.25, 0.3) is 0 Å². The van der Waals surface area contributed by atoms with Crippen molar-refractivity contribution in [3.05, 3.63) is 89.7 Å². The van der Waals surface area contributed by atoms with Crippen molar-refractivity contribution >= 4 is 11.7 Å². The minimum absolute atomic E-state index is 0.00302. The number of benzene rings is 2. The van der Waals surface area contributed by atoms with Crippen LogP contribution in [0.5, 0.6) is 0 Å². The molecule has 1 fully saturated rings. The van der Waals surface area contributed by atoms with Crippen LogP contribution in [-0.4, -0.2) is 21.5 Å². The summed E-state index contributed by atoms with van der Waals surface area (Å²) >= 11 is 0. The molecule has 4 nitrogen and oxygen atoms in total. The maximum absolute atomic E-state index is 13.3. The Kier molecular flexibility index (Phi) is 6.53. The second-order valence-corrected chi connectivity index (χ2v) is 8.27. The van der Waals surface area contributed by atoms with E-state index >= 15 is 0 Å². The summed E-state index contributed by atoms with van der Waals surface area (Å²) in [5, 5.41) is 3.11. The van der Waals surface area contributed by atoms with E-state index in [0.717, 1.165) is 25.1 Å². The van der Waals surface area contributed by atoms with Gasteiger partial charge in [0, 0.05) is 30.2 Å². The van der Waals surface area contributed by atoms with Crippen LogP contribution in [0.3, 0.4) is 0 Å². The lowest BCUT2D eigenvalue weighted by molar-refractivity contribution is 0.161. The minimum Gasteiger partial charge on any atom is -0.345 e. The zero-order chi connectivity index (χ0) is 20.8. The normalized spacial score (nSPS) is 14.4.